The summed E-state index contributed by atoms with van der Waals surface area (Å²) in [6, 6.07) is 19.1. The van der Waals surface area contributed by atoms with Gasteiger partial charge in [0.15, 0.2) is 0 Å². The predicted molar refractivity (Wildman–Crippen MR) is 146 cm³/mol. The number of carbonyl (C=O) groups excluding carboxylic acids is 1. The summed E-state index contributed by atoms with van der Waals surface area (Å²) in [4.78, 5) is 19.9. The minimum atomic E-state index is -0.171. The summed E-state index contributed by atoms with van der Waals surface area (Å²) in [5.41, 5.74) is 5.59. The molecule has 0 bridgehead atoms. The fourth-order valence-electron chi connectivity index (χ4n) is 4.59. The van der Waals surface area contributed by atoms with Gasteiger partial charge in [-0.1, -0.05) is 35.9 Å². The zero-order valence-electron chi connectivity index (χ0n) is 19.4. The van der Waals surface area contributed by atoms with Crippen molar-refractivity contribution < 1.29 is 4.79 Å². The number of rotatable bonds is 5. The first-order chi connectivity index (χ1) is 17.5. The van der Waals surface area contributed by atoms with E-state index in [0.717, 1.165) is 62.4 Å². The van der Waals surface area contributed by atoms with E-state index < -0.39 is 0 Å². The van der Waals surface area contributed by atoms with Crippen LogP contribution in [0.2, 0.25) is 5.02 Å². The molecule has 36 heavy (non-hydrogen) atoms. The molecule has 2 aromatic carbocycles. The Kier molecular flexibility index (Phi) is 7.19. The van der Waals surface area contributed by atoms with Crippen LogP contribution in [0.4, 0.5) is 4.79 Å². The van der Waals surface area contributed by atoms with Gasteiger partial charge in [-0.3, -0.25) is 9.47 Å². The van der Waals surface area contributed by atoms with Gasteiger partial charge in [0.05, 0.1) is 17.1 Å². The molecule has 1 amide bonds. The molecule has 1 N–H and O–H groups in total. The number of carbonyl (C=O) groups is 1. The summed E-state index contributed by atoms with van der Waals surface area (Å²) in [6.07, 6.45) is 6.69. The first-order valence-electron chi connectivity index (χ1n) is 11.6. The molecule has 180 valence electrons. The number of aromatic nitrogens is 2. The zero-order chi connectivity index (χ0) is 25.1. The maximum atomic E-state index is 13.4. The molecule has 6 nitrogen and oxygen atoms in total. The van der Waals surface area contributed by atoms with Crippen molar-refractivity contribution in [1.29, 1.82) is 5.26 Å². The van der Waals surface area contributed by atoms with Gasteiger partial charge in [0.25, 0.3) is 0 Å². The molecule has 2 aromatic heterocycles. The summed E-state index contributed by atoms with van der Waals surface area (Å²) in [7, 11) is 0. The van der Waals surface area contributed by atoms with Crippen molar-refractivity contribution in [3.05, 3.63) is 104 Å². The van der Waals surface area contributed by atoms with Gasteiger partial charge in [-0.05, 0) is 75.1 Å². The number of halogens is 2. The van der Waals surface area contributed by atoms with E-state index in [1.54, 1.807) is 16.8 Å². The second kappa shape index (κ2) is 10.7. The van der Waals surface area contributed by atoms with Crippen LogP contribution in [-0.2, 0) is 19.5 Å². The fourth-order valence-corrected chi connectivity index (χ4v) is 5.13. The van der Waals surface area contributed by atoms with Gasteiger partial charge in [-0.2, -0.15) is 5.26 Å². The van der Waals surface area contributed by atoms with Crippen LogP contribution in [-0.4, -0.2) is 33.6 Å². The molecule has 8 heteroatoms. The summed E-state index contributed by atoms with van der Waals surface area (Å²) < 4.78 is 2.51. The number of amides is 1. The third kappa shape index (κ3) is 5.21. The number of nitrogens with zero attached hydrogens (tertiary/aromatic N) is 4. The Morgan fingerprint density at radius 3 is 2.81 bits per heavy atom. The Labute approximate surface area is 222 Å². The molecule has 0 unspecified atom stereocenters. The molecule has 1 aliphatic heterocycles. The van der Waals surface area contributed by atoms with Gasteiger partial charge in [-0.15, -0.1) is 0 Å². The van der Waals surface area contributed by atoms with Crippen molar-refractivity contribution in [1.82, 2.24) is 19.8 Å². The Bertz CT molecular complexity index is 1500. The number of hydrogen-bond acceptors (Lipinski definition) is 4. The zero-order valence-corrected chi connectivity index (χ0v) is 21.8. The molecule has 0 saturated heterocycles. The third-order valence-electron chi connectivity index (χ3n) is 6.34. The summed E-state index contributed by atoms with van der Waals surface area (Å²) in [6.45, 7) is 2.73. The number of fused-ring (bicyclic) bond motifs is 3. The van der Waals surface area contributed by atoms with E-state index in [-0.39, 0.29) is 6.03 Å². The number of hydrogen-bond donors (Lipinski definition) is 1. The van der Waals surface area contributed by atoms with Crippen molar-refractivity contribution in [2.24, 2.45) is 0 Å². The molecule has 5 rings (SSSR count). The second-order valence-electron chi connectivity index (χ2n) is 8.69. The topological polar surface area (TPSA) is 74.0 Å². The smallest absolute Gasteiger partial charge is 0.326 e. The van der Waals surface area contributed by atoms with Crippen LogP contribution < -0.4 is 5.32 Å². The highest BCUT2D eigenvalue weighted by Gasteiger charge is 2.26. The Balaban J connectivity index is 1.39. The van der Waals surface area contributed by atoms with Crippen molar-refractivity contribution >= 4 is 50.5 Å². The first-order valence-corrected chi connectivity index (χ1v) is 12.8. The highest BCUT2D eigenvalue weighted by Crippen LogP contribution is 2.31. The van der Waals surface area contributed by atoms with Crippen molar-refractivity contribution in [2.45, 2.75) is 19.5 Å². The molecular weight excluding hydrogens is 538 g/mol. The van der Waals surface area contributed by atoms with Gasteiger partial charge in [0.1, 0.15) is 4.60 Å². The van der Waals surface area contributed by atoms with Crippen molar-refractivity contribution in [3.63, 3.8) is 0 Å². The molecular formula is C28H23BrClN5O. The maximum Gasteiger partial charge on any atom is 0.326 e. The van der Waals surface area contributed by atoms with Gasteiger partial charge < -0.3 is 5.32 Å². The molecule has 0 aliphatic carbocycles. The van der Waals surface area contributed by atoms with Gasteiger partial charge >= 0.3 is 6.03 Å². The van der Waals surface area contributed by atoms with E-state index in [4.69, 9.17) is 11.6 Å². The monoisotopic (exact) mass is 559 g/mol. The fraction of sp³-hybridized carbons (Fsp3) is 0.179. The average Bonchev–Trinajstić information content (AvgIpc) is 3.21. The van der Waals surface area contributed by atoms with Crippen LogP contribution in [0.5, 0.6) is 0 Å². The lowest BCUT2D eigenvalue weighted by molar-refractivity contribution is 0.240. The highest BCUT2D eigenvalue weighted by atomic mass is 79.9. The molecule has 1 aliphatic rings. The molecule has 0 spiro atoms. The molecule has 0 radical (unpaired) electrons. The van der Waals surface area contributed by atoms with E-state index in [1.165, 1.54) is 0 Å². The van der Waals surface area contributed by atoms with Crippen LogP contribution in [0.1, 0.15) is 27.9 Å². The van der Waals surface area contributed by atoms with Crippen LogP contribution in [0, 0.1) is 11.3 Å². The van der Waals surface area contributed by atoms with Gasteiger partial charge in [0, 0.05) is 54.9 Å². The van der Waals surface area contributed by atoms with Gasteiger partial charge in [-0.25, -0.2) is 9.78 Å². The van der Waals surface area contributed by atoms with Crippen LogP contribution in [0.15, 0.2) is 71.5 Å². The second-order valence-corrected chi connectivity index (χ2v) is 9.94. The molecule has 3 heterocycles. The summed E-state index contributed by atoms with van der Waals surface area (Å²) in [5, 5.41) is 14.2. The lowest BCUT2D eigenvalue weighted by atomic mass is 10.0. The normalized spacial score (nSPS) is 13.6. The van der Waals surface area contributed by atoms with E-state index in [2.05, 4.69) is 49.4 Å². The van der Waals surface area contributed by atoms with E-state index in [1.807, 2.05) is 48.5 Å². The Hall–Kier alpha value is -3.44. The van der Waals surface area contributed by atoms with Crippen molar-refractivity contribution in [3.8, 4) is 6.07 Å². The molecule has 0 fully saturated rings. The predicted octanol–water partition coefficient (Wildman–Crippen LogP) is 6.15. The van der Waals surface area contributed by atoms with Crippen LogP contribution in [0.3, 0.4) is 0 Å². The Morgan fingerprint density at radius 1 is 1.19 bits per heavy atom. The Morgan fingerprint density at radius 2 is 2.03 bits per heavy atom. The summed E-state index contributed by atoms with van der Waals surface area (Å²) in [5.74, 6) is 0. The number of pyridine rings is 1. The lowest BCUT2D eigenvalue weighted by Crippen LogP contribution is -2.34. The lowest BCUT2D eigenvalue weighted by Gasteiger charge is -2.27. The standard InChI is InChI=1S/C28H23BrClN5O/c29-27-15-21(9-11-32-27)17-33-28(36)35-25-8-5-20(16-31)14-23(25)24-18-34(13-10-26(24)35)12-1-2-19-3-6-22(30)7-4-19/h1-9,11,14-15H,10,12-13,17-18H2,(H,33,36). The first kappa shape index (κ1) is 24.3. The average molecular weight is 561 g/mol. The largest absolute Gasteiger partial charge is 0.333 e. The number of nitriles is 1. The quantitative estimate of drug-likeness (QED) is 0.297. The highest BCUT2D eigenvalue weighted by molar-refractivity contribution is 9.10. The SMILES string of the molecule is N#Cc1ccc2c(c1)c1c(n2C(=O)NCc2ccnc(Br)c2)CCN(CC=Cc2ccc(Cl)cc2)C1. The number of benzene rings is 2. The van der Waals surface area contributed by atoms with E-state index in [0.29, 0.717) is 18.7 Å². The third-order valence-corrected chi connectivity index (χ3v) is 7.02. The van der Waals surface area contributed by atoms with E-state index >= 15 is 0 Å². The van der Waals surface area contributed by atoms with Crippen LogP contribution >= 0.6 is 27.5 Å². The molecule has 4 aromatic rings. The molecule has 0 saturated carbocycles. The minimum absolute atomic E-state index is 0.171. The van der Waals surface area contributed by atoms with Gasteiger partial charge in [0.2, 0.25) is 0 Å². The number of nitrogens with one attached hydrogen (secondary N) is 1. The van der Waals surface area contributed by atoms with Crippen molar-refractivity contribution in [2.75, 3.05) is 13.1 Å². The van der Waals surface area contributed by atoms with Crippen LogP contribution in [0.25, 0.3) is 17.0 Å². The minimum Gasteiger partial charge on any atom is -0.333 e. The maximum absolute atomic E-state index is 13.4. The molecule has 0 atom stereocenters. The van der Waals surface area contributed by atoms with E-state index in [9.17, 15) is 10.1 Å². The summed E-state index contributed by atoms with van der Waals surface area (Å²) >= 11 is 9.35.